The van der Waals surface area contributed by atoms with Gasteiger partial charge in [0.2, 0.25) is 0 Å². The van der Waals surface area contributed by atoms with Gasteiger partial charge < -0.3 is 4.74 Å². The number of thioether (sulfide) groups is 1. The second-order valence-electron chi connectivity index (χ2n) is 6.76. The third-order valence-electron chi connectivity index (χ3n) is 4.01. The third-order valence-corrected chi connectivity index (χ3v) is 6.14. The molecule has 0 N–H and O–H groups in total. The Morgan fingerprint density at radius 1 is 1.21 bits per heavy atom. The van der Waals surface area contributed by atoms with Crippen LogP contribution < -0.4 is 0 Å². The number of carbonyl (C=O) groups excluding carboxylic acids is 1. The highest BCUT2D eigenvalue weighted by Crippen LogP contribution is 2.40. The van der Waals surface area contributed by atoms with Crippen molar-refractivity contribution < 1.29 is 9.53 Å². The fourth-order valence-corrected chi connectivity index (χ4v) is 5.10. The Morgan fingerprint density at radius 3 is 2.67 bits per heavy atom. The van der Waals surface area contributed by atoms with Crippen molar-refractivity contribution in [2.24, 2.45) is 0 Å². The fraction of sp³-hybridized carbons (Fsp3) is 0.611. The van der Waals surface area contributed by atoms with E-state index in [1.807, 2.05) is 25.2 Å². The van der Waals surface area contributed by atoms with Crippen molar-refractivity contribution in [2.75, 3.05) is 5.75 Å². The van der Waals surface area contributed by atoms with Crippen LogP contribution in [0.2, 0.25) is 0 Å². The van der Waals surface area contributed by atoms with Crippen molar-refractivity contribution in [3.05, 3.63) is 16.3 Å². The summed E-state index contributed by atoms with van der Waals surface area (Å²) in [6.45, 7) is 7.96. The molecule has 2 heterocycles. The van der Waals surface area contributed by atoms with Gasteiger partial charge >= 0.3 is 5.97 Å². The first-order valence-electron chi connectivity index (χ1n) is 8.60. The molecule has 0 aromatic carbocycles. The van der Waals surface area contributed by atoms with Crippen LogP contribution in [-0.2, 0) is 22.4 Å². The number of rotatable bonds is 5. The topological polar surface area (TPSA) is 52.1 Å². The maximum Gasteiger partial charge on any atom is 0.316 e. The van der Waals surface area contributed by atoms with Gasteiger partial charge in [0.25, 0.3) is 0 Å². The molecule has 2 aromatic rings. The lowest BCUT2D eigenvalue weighted by molar-refractivity contribution is -0.144. The average molecular weight is 365 g/mol. The molecule has 2 aromatic heterocycles. The smallest absolute Gasteiger partial charge is 0.316 e. The molecule has 0 radical (unpaired) electrons. The Bertz CT molecular complexity index is 753. The van der Waals surface area contributed by atoms with Gasteiger partial charge in [-0.25, -0.2) is 9.97 Å². The molecule has 0 unspecified atom stereocenters. The van der Waals surface area contributed by atoms with Gasteiger partial charge in [-0.1, -0.05) is 25.6 Å². The molecule has 1 aliphatic rings. The van der Waals surface area contributed by atoms with Gasteiger partial charge in [0, 0.05) is 16.2 Å². The van der Waals surface area contributed by atoms with E-state index in [-0.39, 0.29) is 18.0 Å². The highest BCUT2D eigenvalue weighted by molar-refractivity contribution is 8.00. The van der Waals surface area contributed by atoms with E-state index in [9.17, 15) is 4.79 Å². The molecule has 0 atom stereocenters. The zero-order valence-electron chi connectivity index (χ0n) is 14.7. The molecule has 24 heavy (non-hydrogen) atoms. The zero-order chi connectivity index (χ0) is 17.3. The van der Waals surface area contributed by atoms with E-state index in [0.717, 1.165) is 28.5 Å². The van der Waals surface area contributed by atoms with Crippen molar-refractivity contribution in [1.29, 1.82) is 0 Å². The summed E-state index contributed by atoms with van der Waals surface area (Å²) in [6, 6.07) is 0. The van der Waals surface area contributed by atoms with Crippen molar-refractivity contribution in [3.8, 4) is 0 Å². The molecule has 0 saturated heterocycles. The summed E-state index contributed by atoms with van der Waals surface area (Å²) in [4.78, 5) is 24.0. The normalized spacial score (nSPS) is 14.4. The lowest BCUT2D eigenvalue weighted by atomic mass is 9.97. The molecule has 4 nitrogen and oxygen atoms in total. The SMILES string of the molecule is CC(C)OC(=O)CSc1nc(C(C)C)nc2sc3c(c12)CCCC3. The van der Waals surface area contributed by atoms with Gasteiger partial charge in [-0.2, -0.15) is 0 Å². The van der Waals surface area contributed by atoms with E-state index in [1.54, 1.807) is 0 Å². The van der Waals surface area contributed by atoms with Crippen LogP contribution in [0.3, 0.4) is 0 Å². The van der Waals surface area contributed by atoms with Gasteiger partial charge in [0.1, 0.15) is 15.7 Å². The van der Waals surface area contributed by atoms with Crippen molar-refractivity contribution in [2.45, 2.75) is 70.4 Å². The van der Waals surface area contributed by atoms with Crippen LogP contribution in [0.5, 0.6) is 0 Å². The van der Waals surface area contributed by atoms with Crippen molar-refractivity contribution >= 4 is 39.3 Å². The van der Waals surface area contributed by atoms with Crippen LogP contribution in [0.1, 0.15) is 62.7 Å². The van der Waals surface area contributed by atoms with Crippen LogP contribution in [0.4, 0.5) is 0 Å². The second kappa shape index (κ2) is 7.40. The van der Waals surface area contributed by atoms with E-state index in [4.69, 9.17) is 14.7 Å². The van der Waals surface area contributed by atoms with E-state index < -0.39 is 0 Å². The molecule has 0 amide bonds. The van der Waals surface area contributed by atoms with Crippen molar-refractivity contribution in [1.82, 2.24) is 9.97 Å². The summed E-state index contributed by atoms with van der Waals surface area (Å²) in [7, 11) is 0. The van der Waals surface area contributed by atoms with Crippen LogP contribution in [-0.4, -0.2) is 27.8 Å². The van der Waals surface area contributed by atoms with E-state index in [1.165, 1.54) is 40.4 Å². The van der Waals surface area contributed by atoms with Crippen LogP contribution in [0, 0.1) is 0 Å². The molecule has 1 aliphatic carbocycles. The number of aryl methyl sites for hydroxylation is 2. The molecule has 0 bridgehead atoms. The molecule has 0 spiro atoms. The molecule has 0 fully saturated rings. The minimum atomic E-state index is -0.183. The lowest BCUT2D eigenvalue weighted by Crippen LogP contribution is -2.13. The number of thiophene rings is 1. The number of fused-ring (bicyclic) bond motifs is 3. The second-order valence-corrected chi connectivity index (χ2v) is 8.81. The number of esters is 1. The van der Waals surface area contributed by atoms with Gasteiger partial charge in [0.05, 0.1) is 11.9 Å². The molecule has 0 aliphatic heterocycles. The number of hydrogen-bond acceptors (Lipinski definition) is 6. The van der Waals surface area contributed by atoms with Crippen LogP contribution in [0.15, 0.2) is 5.03 Å². The number of hydrogen-bond donors (Lipinski definition) is 0. The summed E-state index contributed by atoms with van der Waals surface area (Å²) in [5.41, 5.74) is 1.41. The van der Waals surface area contributed by atoms with Gasteiger partial charge in [-0.15, -0.1) is 11.3 Å². The molecule has 3 rings (SSSR count). The number of ether oxygens (including phenoxy) is 1. The standard InChI is InChI=1S/C18H24N2O2S2/c1-10(2)16-19-17(23-9-14(21)22-11(3)4)15-12-7-5-6-8-13(12)24-18(15)20-16/h10-11H,5-9H2,1-4H3. The number of aromatic nitrogens is 2. The molecule has 0 saturated carbocycles. The van der Waals surface area contributed by atoms with E-state index >= 15 is 0 Å². The Balaban J connectivity index is 1.97. The summed E-state index contributed by atoms with van der Waals surface area (Å²) in [6.07, 6.45) is 4.65. The summed E-state index contributed by atoms with van der Waals surface area (Å²) in [5, 5.41) is 2.13. The quantitative estimate of drug-likeness (QED) is 0.436. The first kappa shape index (κ1) is 17.7. The Labute approximate surface area is 151 Å². The molecular formula is C18H24N2O2S2. The monoisotopic (exact) mass is 364 g/mol. The van der Waals surface area contributed by atoms with Crippen LogP contribution in [0.25, 0.3) is 10.2 Å². The molecular weight excluding hydrogens is 340 g/mol. The van der Waals surface area contributed by atoms with Gasteiger partial charge in [-0.05, 0) is 45.1 Å². The van der Waals surface area contributed by atoms with Gasteiger partial charge in [-0.3, -0.25) is 4.79 Å². The largest absolute Gasteiger partial charge is 0.462 e. The summed E-state index contributed by atoms with van der Waals surface area (Å²) < 4.78 is 5.26. The minimum absolute atomic E-state index is 0.0800. The first-order valence-corrected chi connectivity index (χ1v) is 10.4. The lowest BCUT2D eigenvalue weighted by Gasteiger charge is -2.13. The maximum absolute atomic E-state index is 11.9. The minimum Gasteiger partial charge on any atom is -0.462 e. The third kappa shape index (κ3) is 3.75. The maximum atomic E-state index is 11.9. The van der Waals surface area contributed by atoms with E-state index in [2.05, 4.69) is 13.8 Å². The summed E-state index contributed by atoms with van der Waals surface area (Å²) >= 11 is 3.30. The van der Waals surface area contributed by atoms with Crippen LogP contribution >= 0.6 is 23.1 Å². The Morgan fingerprint density at radius 2 is 1.96 bits per heavy atom. The fourth-order valence-electron chi connectivity index (χ4n) is 2.93. The highest BCUT2D eigenvalue weighted by atomic mass is 32.2. The Hall–Kier alpha value is -1.14. The number of carbonyl (C=O) groups is 1. The average Bonchev–Trinajstić information content (AvgIpc) is 2.90. The van der Waals surface area contributed by atoms with Gasteiger partial charge in [0.15, 0.2) is 0 Å². The zero-order valence-corrected chi connectivity index (χ0v) is 16.4. The predicted molar refractivity (Wildman–Crippen MR) is 100 cm³/mol. The Kier molecular flexibility index (Phi) is 5.45. The van der Waals surface area contributed by atoms with E-state index in [0.29, 0.717) is 5.75 Å². The highest BCUT2D eigenvalue weighted by Gasteiger charge is 2.22. The summed E-state index contributed by atoms with van der Waals surface area (Å²) in [5.74, 6) is 1.25. The molecule has 6 heteroatoms. The first-order chi connectivity index (χ1) is 11.5. The van der Waals surface area contributed by atoms with Crippen molar-refractivity contribution in [3.63, 3.8) is 0 Å². The predicted octanol–water partition coefficient (Wildman–Crippen LogP) is 4.74. The molecule has 130 valence electrons. The number of nitrogens with zero attached hydrogens (tertiary/aromatic N) is 2.